The van der Waals surface area contributed by atoms with Crippen molar-refractivity contribution in [2.75, 3.05) is 18.7 Å². The molecule has 2 aromatic rings. The summed E-state index contributed by atoms with van der Waals surface area (Å²) in [6, 6.07) is 18.3. The number of benzene rings is 2. The highest BCUT2D eigenvalue weighted by molar-refractivity contribution is 5.77. The molecule has 2 aliphatic rings. The fraction of sp³-hybridized carbons (Fsp3) is 0.211. The van der Waals surface area contributed by atoms with Crippen LogP contribution in [-0.2, 0) is 9.53 Å². The van der Waals surface area contributed by atoms with Crippen molar-refractivity contribution >= 4 is 17.7 Å². The normalized spacial score (nSPS) is 21.8. The molecule has 1 unspecified atom stereocenters. The van der Waals surface area contributed by atoms with Gasteiger partial charge in [-0.25, -0.2) is 0 Å². The minimum absolute atomic E-state index is 0.0242. The third kappa shape index (κ3) is 2.18. The molecule has 23 heavy (non-hydrogen) atoms. The highest BCUT2D eigenvalue weighted by Gasteiger charge is 2.45. The quantitative estimate of drug-likeness (QED) is 0.798. The summed E-state index contributed by atoms with van der Waals surface area (Å²) in [6.45, 7) is 0.611. The smallest absolute Gasteiger partial charge is 0.313 e. The van der Waals surface area contributed by atoms with Gasteiger partial charge in [0.05, 0.1) is 25.4 Å². The van der Waals surface area contributed by atoms with Gasteiger partial charge in [0, 0.05) is 6.20 Å². The molecule has 116 valence electrons. The van der Waals surface area contributed by atoms with Gasteiger partial charge in [-0.3, -0.25) is 14.8 Å². The molecule has 0 amide bonds. The Morgan fingerprint density at radius 2 is 1.83 bits per heavy atom. The van der Waals surface area contributed by atoms with Crippen LogP contribution in [0.3, 0.4) is 0 Å². The van der Waals surface area contributed by atoms with Crippen molar-refractivity contribution in [2.45, 2.75) is 6.04 Å². The number of fused-ring (bicyclic) bond motifs is 3. The minimum atomic E-state index is -0.216. The first-order chi connectivity index (χ1) is 11.3. The second-order valence-electron chi connectivity index (χ2n) is 5.82. The van der Waals surface area contributed by atoms with Crippen molar-refractivity contribution in [2.24, 2.45) is 5.92 Å². The van der Waals surface area contributed by atoms with E-state index >= 15 is 0 Å². The van der Waals surface area contributed by atoms with Gasteiger partial charge in [-0.05, 0) is 29.3 Å². The van der Waals surface area contributed by atoms with Crippen LogP contribution in [0.1, 0.15) is 17.2 Å². The van der Waals surface area contributed by atoms with Crippen LogP contribution in [0.25, 0.3) is 6.08 Å². The fourth-order valence-electron chi connectivity index (χ4n) is 3.53. The van der Waals surface area contributed by atoms with E-state index in [0.29, 0.717) is 6.54 Å². The van der Waals surface area contributed by atoms with Gasteiger partial charge in [0.2, 0.25) is 0 Å². The van der Waals surface area contributed by atoms with E-state index in [0.717, 1.165) is 11.3 Å². The number of para-hydroxylation sites is 1. The Morgan fingerprint density at radius 3 is 2.61 bits per heavy atom. The fourth-order valence-corrected chi connectivity index (χ4v) is 3.53. The Labute approximate surface area is 135 Å². The lowest BCUT2D eigenvalue weighted by atomic mass is 9.89. The van der Waals surface area contributed by atoms with E-state index in [-0.39, 0.29) is 17.9 Å². The van der Waals surface area contributed by atoms with Gasteiger partial charge in [0.1, 0.15) is 5.92 Å². The van der Waals surface area contributed by atoms with Crippen LogP contribution in [0.4, 0.5) is 5.69 Å². The van der Waals surface area contributed by atoms with E-state index in [1.54, 1.807) is 0 Å². The zero-order chi connectivity index (χ0) is 15.8. The standard InChI is InChI=1S/C19H18N2O2/c1-23-19(22)17-13-21(15-8-3-2-4-9-15)20-12-11-14-7-5-6-10-16(14)18(17)20/h2-12,17-18H,13H2,1H3/t17-,18?/m1/s1. The first-order valence-electron chi connectivity index (χ1n) is 7.75. The van der Waals surface area contributed by atoms with Crippen LogP contribution >= 0.6 is 0 Å². The van der Waals surface area contributed by atoms with Gasteiger partial charge in [-0.15, -0.1) is 0 Å². The molecule has 0 aromatic heterocycles. The van der Waals surface area contributed by atoms with E-state index in [9.17, 15) is 4.79 Å². The molecule has 4 nitrogen and oxygen atoms in total. The summed E-state index contributed by atoms with van der Waals surface area (Å²) < 4.78 is 5.07. The number of anilines is 1. The molecular formula is C19H18N2O2. The van der Waals surface area contributed by atoms with E-state index in [1.165, 1.54) is 12.7 Å². The lowest BCUT2D eigenvalue weighted by Gasteiger charge is -2.36. The third-order valence-corrected chi connectivity index (χ3v) is 4.59. The number of carbonyl (C=O) groups excluding carboxylic acids is 1. The Hall–Kier alpha value is -2.75. The van der Waals surface area contributed by atoms with E-state index < -0.39 is 0 Å². The Bertz CT molecular complexity index is 757. The van der Waals surface area contributed by atoms with E-state index in [2.05, 4.69) is 46.6 Å². The van der Waals surface area contributed by atoms with E-state index in [4.69, 9.17) is 4.74 Å². The molecule has 2 heterocycles. The molecule has 2 aromatic carbocycles. The maximum atomic E-state index is 12.4. The third-order valence-electron chi connectivity index (χ3n) is 4.59. The van der Waals surface area contributed by atoms with Crippen molar-refractivity contribution < 1.29 is 9.53 Å². The Kier molecular flexibility index (Phi) is 3.30. The van der Waals surface area contributed by atoms with E-state index in [1.807, 2.05) is 30.3 Å². The molecule has 0 aliphatic carbocycles. The van der Waals surface area contributed by atoms with Gasteiger partial charge < -0.3 is 4.74 Å². The molecule has 0 N–H and O–H groups in total. The second kappa shape index (κ2) is 5.47. The number of hydrogen-bond donors (Lipinski definition) is 0. The summed E-state index contributed by atoms with van der Waals surface area (Å²) in [4.78, 5) is 12.4. The van der Waals surface area contributed by atoms with Crippen LogP contribution in [0.2, 0.25) is 0 Å². The highest BCUT2D eigenvalue weighted by atomic mass is 16.5. The molecule has 2 atom stereocenters. The zero-order valence-electron chi connectivity index (χ0n) is 12.9. The average molecular weight is 306 g/mol. The predicted octanol–water partition coefficient (Wildman–Crippen LogP) is 3.24. The van der Waals surface area contributed by atoms with Crippen LogP contribution in [-0.4, -0.2) is 24.6 Å². The molecule has 0 radical (unpaired) electrons. The summed E-state index contributed by atoms with van der Waals surface area (Å²) in [7, 11) is 1.46. The first-order valence-corrected chi connectivity index (χ1v) is 7.75. The number of carbonyl (C=O) groups is 1. The van der Waals surface area contributed by atoms with Crippen molar-refractivity contribution in [1.82, 2.24) is 5.01 Å². The van der Waals surface area contributed by atoms with Crippen molar-refractivity contribution in [3.05, 3.63) is 71.9 Å². The SMILES string of the molecule is COC(=O)[C@@H]1CN(c2ccccc2)N2C=Cc3ccccc3C12. The molecule has 1 fully saturated rings. The van der Waals surface area contributed by atoms with Crippen LogP contribution < -0.4 is 5.01 Å². The highest BCUT2D eigenvalue weighted by Crippen LogP contribution is 2.44. The zero-order valence-corrected chi connectivity index (χ0v) is 12.9. The summed E-state index contributed by atoms with van der Waals surface area (Å²) in [5, 5.41) is 4.30. The van der Waals surface area contributed by atoms with Crippen LogP contribution in [0.5, 0.6) is 0 Å². The first kappa shape index (κ1) is 13.9. The van der Waals surface area contributed by atoms with Crippen LogP contribution in [0, 0.1) is 5.92 Å². The largest absolute Gasteiger partial charge is 0.469 e. The molecule has 0 bridgehead atoms. The number of hydrogen-bond acceptors (Lipinski definition) is 4. The molecular weight excluding hydrogens is 288 g/mol. The summed E-state index contributed by atoms with van der Waals surface area (Å²) in [6.07, 6.45) is 4.16. The van der Waals surface area contributed by atoms with Gasteiger partial charge in [-0.2, -0.15) is 0 Å². The predicted molar refractivity (Wildman–Crippen MR) is 89.4 cm³/mol. The number of hydrazine groups is 1. The molecule has 0 spiro atoms. The topological polar surface area (TPSA) is 32.8 Å². The number of ether oxygens (including phenoxy) is 1. The second-order valence-corrected chi connectivity index (χ2v) is 5.82. The summed E-state index contributed by atoms with van der Waals surface area (Å²) in [5.41, 5.74) is 3.41. The van der Waals surface area contributed by atoms with Crippen molar-refractivity contribution in [3.8, 4) is 0 Å². The monoisotopic (exact) mass is 306 g/mol. The lowest BCUT2D eigenvalue weighted by molar-refractivity contribution is -0.145. The molecule has 2 aliphatic heterocycles. The molecule has 4 rings (SSSR count). The Morgan fingerprint density at radius 1 is 1.09 bits per heavy atom. The van der Waals surface area contributed by atoms with Gasteiger partial charge in [-0.1, -0.05) is 42.5 Å². The molecule has 0 saturated carbocycles. The summed E-state index contributed by atoms with van der Waals surface area (Å²) >= 11 is 0. The van der Waals surface area contributed by atoms with Gasteiger partial charge in [0.25, 0.3) is 0 Å². The van der Waals surface area contributed by atoms with Crippen molar-refractivity contribution in [1.29, 1.82) is 0 Å². The van der Waals surface area contributed by atoms with Gasteiger partial charge >= 0.3 is 5.97 Å². The molecule has 1 saturated heterocycles. The average Bonchev–Trinajstić information content (AvgIpc) is 3.02. The number of methoxy groups -OCH3 is 1. The van der Waals surface area contributed by atoms with Crippen molar-refractivity contribution in [3.63, 3.8) is 0 Å². The molecule has 4 heteroatoms. The van der Waals surface area contributed by atoms with Crippen LogP contribution in [0.15, 0.2) is 60.8 Å². The summed E-state index contributed by atoms with van der Waals surface area (Å²) in [5.74, 6) is -0.380. The van der Waals surface area contributed by atoms with Gasteiger partial charge in [0.15, 0.2) is 0 Å². The Balaban J connectivity index is 1.80. The maximum Gasteiger partial charge on any atom is 0.313 e. The maximum absolute atomic E-state index is 12.4. The lowest BCUT2D eigenvalue weighted by Crippen LogP contribution is -2.35. The number of esters is 1. The number of rotatable bonds is 2. The minimum Gasteiger partial charge on any atom is -0.469 e. The number of nitrogens with zero attached hydrogens (tertiary/aromatic N) is 2.